The van der Waals surface area contributed by atoms with Gasteiger partial charge in [-0.2, -0.15) is 0 Å². The summed E-state index contributed by atoms with van der Waals surface area (Å²) in [4.78, 5) is 6.90. The second-order valence-corrected chi connectivity index (χ2v) is 7.53. The average molecular weight is 351 g/mol. The first kappa shape index (κ1) is 17.1. The molecule has 0 spiro atoms. The van der Waals surface area contributed by atoms with Crippen LogP contribution in [0, 0.1) is 6.92 Å². The molecular formula is C22H29N3O+2. The van der Waals surface area contributed by atoms with Crippen molar-refractivity contribution in [2.75, 3.05) is 40.3 Å². The lowest BCUT2D eigenvalue weighted by Crippen LogP contribution is -3.27. The summed E-state index contributed by atoms with van der Waals surface area (Å²) in [6.45, 7) is 7.06. The lowest BCUT2D eigenvalue weighted by molar-refractivity contribution is -1.02. The maximum Gasteiger partial charge on any atom is 0.142 e. The molecule has 4 heteroatoms. The molecule has 1 fully saturated rings. The van der Waals surface area contributed by atoms with Crippen molar-refractivity contribution in [3.05, 3.63) is 65.4 Å². The minimum Gasteiger partial charge on any atom is -0.497 e. The molecule has 1 aromatic heterocycles. The van der Waals surface area contributed by atoms with Crippen molar-refractivity contribution in [2.24, 2.45) is 0 Å². The molecule has 1 unspecified atom stereocenters. The van der Waals surface area contributed by atoms with Crippen LogP contribution >= 0.6 is 0 Å². The predicted molar refractivity (Wildman–Crippen MR) is 105 cm³/mol. The molecule has 0 saturated carbocycles. The second-order valence-electron chi connectivity index (χ2n) is 7.53. The number of quaternary nitrogens is 2. The second kappa shape index (κ2) is 7.14. The number of likely N-dealkylation sites (N-methyl/N-ethyl adjacent to an activating group) is 1. The molecule has 4 nitrogen and oxygen atoms in total. The molecule has 0 amide bonds. The lowest BCUT2D eigenvalue weighted by atomic mass is 9.94. The molecule has 1 aliphatic rings. The third-order valence-electron chi connectivity index (χ3n) is 5.84. The molecule has 3 N–H and O–H groups in total. The Kier molecular flexibility index (Phi) is 4.70. The van der Waals surface area contributed by atoms with Crippen LogP contribution in [0.5, 0.6) is 5.75 Å². The molecule has 0 aliphatic carbocycles. The van der Waals surface area contributed by atoms with E-state index in [1.165, 1.54) is 53.9 Å². The Bertz CT molecular complexity index is 876. The number of nitrogens with one attached hydrogen (secondary N) is 3. The standard InChI is InChI=1S/C22H27N3O/c1-16-21(19-6-4-5-7-20(19)23-16)22(25-14-12-24(2)13-15-25)17-8-10-18(26-3)11-9-17/h4-11,22-23H,12-15H2,1-3H3/p+2. The number of aromatic nitrogens is 1. The van der Waals surface area contributed by atoms with Gasteiger partial charge in [-0.3, -0.25) is 0 Å². The minimum atomic E-state index is 0.352. The maximum atomic E-state index is 5.38. The molecule has 0 radical (unpaired) electrons. The van der Waals surface area contributed by atoms with Crippen LogP contribution in [-0.2, 0) is 0 Å². The molecule has 0 bridgehead atoms. The van der Waals surface area contributed by atoms with E-state index in [9.17, 15) is 0 Å². The number of aryl methyl sites for hydroxylation is 1. The van der Waals surface area contributed by atoms with Crippen molar-refractivity contribution in [3.63, 3.8) is 0 Å². The van der Waals surface area contributed by atoms with Crippen LogP contribution < -0.4 is 14.5 Å². The van der Waals surface area contributed by atoms with Crippen molar-refractivity contribution >= 4 is 10.9 Å². The number of methoxy groups -OCH3 is 1. The molecule has 26 heavy (non-hydrogen) atoms. The first-order chi connectivity index (χ1) is 12.7. The Balaban J connectivity index is 1.82. The van der Waals surface area contributed by atoms with E-state index in [1.54, 1.807) is 16.9 Å². The largest absolute Gasteiger partial charge is 0.497 e. The van der Waals surface area contributed by atoms with E-state index in [0.29, 0.717) is 6.04 Å². The number of hydrogen-bond donors (Lipinski definition) is 3. The van der Waals surface area contributed by atoms with Gasteiger partial charge in [-0.05, 0) is 37.3 Å². The van der Waals surface area contributed by atoms with Crippen molar-refractivity contribution in [3.8, 4) is 5.75 Å². The maximum absolute atomic E-state index is 5.38. The Hall–Kier alpha value is -2.30. The first-order valence-electron chi connectivity index (χ1n) is 9.54. The van der Waals surface area contributed by atoms with Gasteiger partial charge in [0.1, 0.15) is 38.0 Å². The summed E-state index contributed by atoms with van der Waals surface area (Å²) >= 11 is 0. The number of para-hydroxylation sites is 1. The molecule has 136 valence electrons. The summed E-state index contributed by atoms with van der Waals surface area (Å²) in [5, 5.41) is 1.35. The molecule has 4 rings (SSSR count). The van der Waals surface area contributed by atoms with E-state index in [0.717, 1.165) is 5.75 Å². The highest BCUT2D eigenvalue weighted by Gasteiger charge is 2.33. The molecule has 2 heterocycles. The zero-order valence-corrected chi connectivity index (χ0v) is 15.9. The Morgan fingerprint density at radius 1 is 0.962 bits per heavy atom. The van der Waals surface area contributed by atoms with Crippen LogP contribution in [-0.4, -0.2) is 45.3 Å². The smallest absolute Gasteiger partial charge is 0.142 e. The van der Waals surface area contributed by atoms with E-state index in [2.05, 4.69) is 67.5 Å². The highest BCUT2D eigenvalue weighted by atomic mass is 16.5. The van der Waals surface area contributed by atoms with Gasteiger partial charge in [0.2, 0.25) is 0 Å². The van der Waals surface area contributed by atoms with Crippen molar-refractivity contribution in [1.29, 1.82) is 0 Å². The SMILES string of the molecule is COc1ccc(C(c2c(C)[nH]c3ccccc23)[NH+]2CC[NH+](C)CC2)cc1. The summed E-state index contributed by atoms with van der Waals surface area (Å²) in [5.41, 5.74) is 5.33. The van der Waals surface area contributed by atoms with Gasteiger partial charge in [-0.1, -0.05) is 18.2 Å². The van der Waals surface area contributed by atoms with Crippen LogP contribution in [0.3, 0.4) is 0 Å². The van der Waals surface area contributed by atoms with Crippen LogP contribution in [0.25, 0.3) is 10.9 Å². The van der Waals surface area contributed by atoms with Crippen molar-refractivity contribution in [2.45, 2.75) is 13.0 Å². The zero-order valence-electron chi connectivity index (χ0n) is 15.9. The topological polar surface area (TPSA) is 33.9 Å². The van der Waals surface area contributed by atoms with E-state index in [4.69, 9.17) is 4.74 Å². The number of benzene rings is 2. The van der Waals surface area contributed by atoms with Crippen LogP contribution in [0.2, 0.25) is 0 Å². The monoisotopic (exact) mass is 351 g/mol. The highest BCUT2D eigenvalue weighted by molar-refractivity contribution is 5.85. The number of H-pyrrole nitrogens is 1. The molecule has 1 aliphatic heterocycles. The van der Waals surface area contributed by atoms with Gasteiger partial charge in [0.25, 0.3) is 0 Å². The van der Waals surface area contributed by atoms with Crippen LogP contribution in [0.1, 0.15) is 22.9 Å². The van der Waals surface area contributed by atoms with Gasteiger partial charge >= 0.3 is 0 Å². The van der Waals surface area contributed by atoms with E-state index >= 15 is 0 Å². The summed E-state index contributed by atoms with van der Waals surface area (Å²) in [6, 6.07) is 17.7. The summed E-state index contributed by atoms with van der Waals surface area (Å²) < 4.78 is 5.38. The Morgan fingerprint density at radius 3 is 2.35 bits per heavy atom. The van der Waals surface area contributed by atoms with Crippen LogP contribution in [0.15, 0.2) is 48.5 Å². The number of piperazine rings is 1. The number of aromatic amines is 1. The average Bonchev–Trinajstić information content (AvgIpc) is 3.00. The van der Waals surface area contributed by atoms with E-state index in [1.807, 2.05) is 0 Å². The van der Waals surface area contributed by atoms with Crippen LogP contribution in [0.4, 0.5) is 0 Å². The third-order valence-corrected chi connectivity index (χ3v) is 5.84. The first-order valence-corrected chi connectivity index (χ1v) is 9.54. The number of rotatable bonds is 4. The molecule has 2 aromatic carbocycles. The summed E-state index contributed by atoms with van der Waals surface area (Å²) in [6.07, 6.45) is 0. The van der Waals surface area contributed by atoms with Gasteiger partial charge in [0.15, 0.2) is 0 Å². The Morgan fingerprint density at radius 2 is 1.65 bits per heavy atom. The van der Waals surface area contributed by atoms with Gasteiger partial charge in [0, 0.05) is 27.7 Å². The van der Waals surface area contributed by atoms with Gasteiger partial charge in [0.05, 0.1) is 14.2 Å². The van der Waals surface area contributed by atoms with E-state index in [-0.39, 0.29) is 0 Å². The van der Waals surface area contributed by atoms with E-state index < -0.39 is 0 Å². The zero-order chi connectivity index (χ0) is 18.1. The fourth-order valence-corrected chi connectivity index (χ4v) is 4.36. The minimum absolute atomic E-state index is 0.352. The number of ether oxygens (including phenoxy) is 1. The Labute approximate surface area is 155 Å². The molecule has 3 aromatic rings. The third kappa shape index (κ3) is 3.11. The number of fused-ring (bicyclic) bond motifs is 1. The fraction of sp³-hybridized carbons (Fsp3) is 0.364. The van der Waals surface area contributed by atoms with Gasteiger partial charge < -0.3 is 19.5 Å². The van der Waals surface area contributed by atoms with Gasteiger partial charge in [-0.25, -0.2) is 0 Å². The molecule has 1 atom stereocenters. The summed E-state index contributed by atoms with van der Waals surface area (Å²) in [5.74, 6) is 0.918. The normalized spacial score (nSPS) is 21.7. The quantitative estimate of drug-likeness (QED) is 0.644. The molecule has 1 saturated heterocycles. The lowest BCUT2D eigenvalue weighted by Gasteiger charge is -2.34. The molecular weight excluding hydrogens is 322 g/mol. The highest BCUT2D eigenvalue weighted by Crippen LogP contribution is 2.31. The van der Waals surface area contributed by atoms with Crippen molar-refractivity contribution < 1.29 is 14.5 Å². The predicted octanol–water partition coefficient (Wildman–Crippen LogP) is 0.988. The fourth-order valence-electron chi connectivity index (χ4n) is 4.36. The number of hydrogen-bond acceptors (Lipinski definition) is 1. The van der Waals surface area contributed by atoms with Crippen molar-refractivity contribution in [1.82, 2.24) is 4.98 Å². The van der Waals surface area contributed by atoms with Gasteiger partial charge in [-0.15, -0.1) is 0 Å². The summed E-state index contributed by atoms with van der Waals surface area (Å²) in [7, 11) is 4.03.